The summed E-state index contributed by atoms with van der Waals surface area (Å²) in [6, 6.07) is 5.47. The first-order chi connectivity index (χ1) is 9.94. The smallest absolute Gasteiger partial charge is 0.228 e. The number of amides is 1. The summed E-state index contributed by atoms with van der Waals surface area (Å²) in [5.41, 5.74) is 3.42. The zero-order chi connectivity index (χ0) is 15.1. The predicted molar refractivity (Wildman–Crippen MR) is 90.2 cm³/mol. The monoisotopic (exact) mass is 360 g/mol. The molecule has 0 saturated heterocycles. The Labute approximate surface area is 141 Å². The molecule has 1 aromatic carbocycles. The molecule has 0 radical (unpaired) electrons. The Bertz CT molecular complexity index is 729. The van der Waals surface area contributed by atoms with Gasteiger partial charge in [0.15, 0.2) is 0 Å². The molecule has 7 heteroatoms. The van der Waals surface area contributed by atoms with Crippen LogP contribution in [-0.4, -0.2) is 5.91 Å². The van der Waals surface area contributed by atoms with E-state index in [1.807, 2.05) is 19.1 Å². The maximum atomic E-state index is 11.4. The number of halogens is 3. The van der Waals surface area contributed by atoms with Crippen LogP contribution in [-0.2, 0) is 11.2 Å². The molecule has 1 aromatic heterocycles. The highest BCUT2D eigenvalue weighted by Crippen LogP contribution is 2.38. The van der Waals surface area contributed by atoms with Gasteiger partial charge in [-0.25, -0.2) is 0 Å². The second-order valence-electron chi connectivity index (χ2n) is 4.86. The van der Waals surface area contributed by atoms with Gasteiger partial charge in [-0.1, -0.05) is 34.8 Å². The first-order valence-corrected chi connectivity index (χ1v) is 8.22. The summed E-state index contributed by atoms with van der Waals surface area (Å²) < 4.78 is 1.31. The third-order valence-corrected chi connectivity index (χ3v) is 5.17. The largest absolute Gasteiger partial charge is 0.377 e. The van der Waals surface area contributed by atoms with Crippen LogP contribution in [0, 0.1) is 0 Å². The van der Waals surface area contributed by atoms with Gasteiger partial charge in [0.2, 0.25) is 5.91 Å². The number of carbonyl (C=O) groups is 1. The van der Waals surface area contributed by atoms with Crippen molar-refractivity contribution in [2.75, 3.05) is 10.6 Å². The van der Waals surface area contributed by atoms with Gasteiger partial charge in [-0.2, -0.15) is 0 Å². The van der Waals surface area contributed by atoms with Crippen LogP contribution in [0.15, 0.2) is 18.2 Å². The lowest BCUT2D eigenvalue weighted by Crippen LogP contribution is -2.06. The van der Waals surface area contributed by atoms with Crippen LogP contribution in [0.3, 0.4) is 0 Å². The van der Waals surface area contributed by atoms with E-state index in [2.05, 4.69) is 10.6 Å². The zero-order valence-electron chi connectivity index (χ0n) is 11.0. The minimum atomic E-state index is -0.0399. The molecule has 1 amide bonds. The SMILES string of the molecule is CC(Nc1cc2c(cc1Cl)NC(=O)C2)c1cc(Cl)sc1Cl. The molecule has 1 atom stereocenters. The van der Waals surface area contributed by atoms with Crippen molar-refractivity contribution >= 4 is 63.4 Å². The highest BCUT2D eigenvalue weighted by atomic mass is 35.5. The first kappa shape index (κ1) is 15.0. The summed E-state index contributed by atoms with van der Waals surface area (Å²) >= 11 is 19.7. The van der Waals surface area contributed by atoms with E-state index < -0.39 is 0 Å². The second-order valence-corrected chi connectivity index (χ2v) is 7.55. The minimum Gasteiger partial charge on any atom is -0.377 e. The average Bonchev–Trinajstić information content (AvgIpc) is 2.91. The van der Waals surface area contributed by atoms with Gasteiger partial charge in [0.05, 0.1) is 31.8 Å². The molecule has 1 aliphatic rings. The van der Waals surface area contributed by atoms with Crippen LogP contribution in [0.5, 0.6) is 0 Å². The predicted octanol–water partition coefficient (Wildman–Crippen LogP) is 5.38. The van der Waals surface area contributed by atoms with Crippen LogP contribution in [0.4, 0.5) is 11.4 Å². The quantitative estimate of drug-likeness (QED) is 0.771. The van der Waals surface area contributed by atoms with Crippen LogP contribution in [0.25, 0.3) is 0 Å². The Morgan fingerprint density at radius 1 is 1.29 bits per heavy atom. The molecule has 0 aliphatic carbocycles. The molecular weight excluding hydrogens is 351 g/mol. The van der Waals surface area contributed by atoms with Gasteiger partial charge in [0, 0.05) is 11.3 Å². The van der Waals surface area contributed by atoms with E-state index >= 15 is 0 Å². The van der Waals surface area contributed by atoms with Crippen molar-refractivity contribution in [3.05, 3.63) is 43.0 Å². The molecule has 1 unspecified atom stereocenters. The summed E-state index contributed by atoms with van der Waals surface area (Å²) in [7, 11) is 0. The Kier molecular flexibility index (Phi) is 4.06. The van der Waals surface area contributed by atoms with Crippen LogP contribution in [0.2, 0.25) is 13.7 Å². The highest BCUT2D eigenvalue weighted by Gasteiger charge is 2.21. The number of hydrogen-bond acceptors (Lipinski definition) is 3. The van der Waals surface area contributed by atoms with Crippen LogP contribution < -0.4 is 10.6 Å². The normalized spacial score (nSPS) is 14.8. The van der Waals surface area contributed by atoms with Crippen molar-refractivity contribution < 1.29 is 4.79 Å². The average molecular weight is 362 g/mol. The van der Waals surface area contributed by atoms with Gasteiger partial charge in [0.1, 0.15) is 0 Å². The molecule has 2 N–H and O–H groups in total. The fourth-order valence-electron chi connectivity index (χ4n) is 2.32. The van der Waals surface area contributed by atoms with Gasteiger partial charge in [-0.15, -0.1) is 11.3 Å². The van der Waals surface area contributed by atoms with Gasteiger partial charge in [-0.3, -0.25) is 4.79 Å². The van der Waals surface area contributed by atoms with Crippen molar-refractivity contribution in [3.63, 3.8) is 0 Å². The Morgan fingerprint density at radius 2 is 2.05 bits per heavy atom. The summed E-state index contributed by atoms with van der Waals surface area (Å²) in [6.07, 6.45) is 0.376. The zero-order valence-corrected chi connectivity index (χ0v) is 14.1. The Balaban J connectivity index is 1.87. The number of nitrogens with one attached hydrogen (secondary N) is 2. The molecule has 1 aliphatic heterocycles. The fraction of sp³-hybridized carbons (Fsp3) is 0.214. The molecule has 3 nitrogen and oxygen atoms in total. The molecule has 0 spiro atoms. The van der Waals surface area contributed by atoms with Crippen molar-refractivity contribution in [2.24, 2.45) is 0 Å². The molecule has 110 valence electrons. The van der Waals surface area contributed by atoms with Crippen molar-refractivity contribution in [2.45, 2.75) is 19.4 Å². The van der Waals surface area contributed by atoms with Gasteiger partial charge < -0.3 is 10.6 Å². The summed E-state index contributed by atoms with van der Waals surface area (Å²) in [6.45, 7) is 1.98. The molecule has 21 heavy (non-hydrogen) atoms. The van der Waals surface area contributed by atoms with E-state index in [1.54, 1.807) is 6.07 Å². The Morgan fingerprint density at radius 3 is 2.71 bits per heavy atom. The minimum absolute atomic E-state index is 0.0149. The van der Waals surface area contributed by atoms with E-state index in [9.17, 15) is 4.79 Å². The Hall–Kier alpha value is -0.940. The third kappa shape index (κ3) is 2.99. The molecule has 0 bridgehead atoms. The number of hydrogen-bond donors (Lipinski definition) is 2. The maximum absolute atomic E-state index is 11.4. The first-order valence-electron chi connectivity index (χ1n) is 6.27. The maximum Gasteiger partial charge on any atom is 0.228 e. The lowest BCUT2D eigenvalue weighted by molar-refractivity contribution is -0.115. The summed E-state index contributed by atoms with van der Waals surface area (Å²) in [5.74, 6) is -0.0149. The van der Waals surface area contributed by atoms with Gasteiger partial charge >= 0.3 is 0 Å². The number of fused-ring (bicyclic) bond motifs is 1. The van der Waals surface area contributed by atoms with E-state index in [-0.39, 0.29) is 11.9 Å². The second kappa shape index (κ2) is 5.69. The highest BCUT2D eigenvalue weighted by molar-refractivity contribution is 7.20. The van der Waals surface area contributed by atoms with Gasteiger partial charge in [-0.05, 0) is 30.7 Å². The topological polar surface area (TPSA) is 41.1 Å². The number of thiophene rings is 1. The van der Waals surface area contributed by atoms with Crippen molar-refractivity contribution in [1.29, 1.82) is 0 Å². The summed E-state index contributed by atoms with van der Waals surface area (Å²) in [4.78, 5) is 11.4. The molecule has 0 saturated carbocycles. The van der Waals surface area contributed by atoms with Crippen molar-refractivity contribution in [1.82, 2.24) is 0 Å². The van der Waals surface area contributed by atoms with Crippen molar-refractivity contribution in [3.8, 4) is 0 Å². The standard InChI is InChI=1S/C14H11Cl3N2OS/c1-6(8-4-12(16)21-14(8)17)18-11-2-7-3-13(20)19-10(7)5-9(11)15/h2,4-6,18H,3H2,1H3,(H,19,20). The number of anilines is 2. The van der Waals surface area contributed by atoms with E-state index in [0.29, 0.717) is 20.1 Å². The van der Waals surface area contributed by atoms with Gasteiger partial charge in [0.25, 0.3) is 0 Å². The molecule has 0 fully saturated rings. The lowest BCUT2D eigenvalue weighted by atomic mass is 10.1. The van der Waals surface area contributed by atoms with Crippen LogP contribution >= 0.6 is 46.1 Å². The number of carbonyl (C=O) groups excluding carboxylic acids is 1. The van der Waals surface area contributed by atoms with E-state index in [4.69, 9.17) is 34.8 Å². The molecule has 2 heterocycles. The number of rotatable bonds is 3. The fourth-order valence-corrected chi connectivity index (χ4v) is 4.18. The summed E-state index contributed by atoms with van der Waals surface area (Å²) in [5, 5.41) is 6.65. The van der Waals surface area contributed by atoms with E-state index in [1.165, 1.54) is 11.3 Å². The molecular formula is C14H11Cl3N2OS. The molecule has 3 rings (SSSR count). The van der Waals surface area contributed by atoms with Crippen LogP contribution in [0.1, 0.15) is 24.1 Å². The lowest BCUT2D eigenvalue weighted by Gasteiger charge is -2.17. The van der Waals surface area contributed by atoms with E-state index in [0.717, 1.165) is 22.5 Å². The third-order valence-electron chi connectivity index (χ3n) is 3.34. The molecule has 2 aromatic rings. The number of benzene rings is 1.